The molecule has 1 amide bonds. The Kier molecular flexibility index (Phi) is 3.84. The van der Waals surface area contributed by atoms with Crippen LogP contribution in [0, 0.1) is 12.3 Å². The first-order chi connectivity index (χ1) is 8.15. The summed E-state index contributed by atoms with van der Waals surface area (Å²) in [5.74, 6) is 0.150. The first-order valence-electron chi connectivity index (χ1n) is 6.15. The van der Waals surface area contributed by atoms with Gasteiger partial charge in [-0.1, -0.05) is 0 Å². The Bertz CT molecular complexity index is 396. The molecule has 4 heteroatoms. The summed E-state index contributed by atoms with van der Waals surface area (Å²) in [5, 5.41) is 5.08. The molecule has 1 heterocycles. The minimum Gasteiger partial charge on any atom is -0.355 e. The van der Waals surface area contributed by atoms with E-state index in [4.69, 9.17) is 5.73 Å². The van der Waals surface area contributed by atoms with Crippen molar-refractivity contribution in [2.24, 2.45) is 11.1 Å². The van der Waals surface area contributed by atoms with Crippen molar-refractivity contribution in [3.63, 3.8) is 0 Å². The van der Waals surface area contributed by atoms with Crippen molar-refractivity contribution in [1.82, 2.24) is 5.32 Å². The molecule has 17 heavy (non-hydrogen) atoms. The third kappa shape index (κ3) is 3.30. The summed E-state index contributed by atoms with van der Waals surface area (Å²) in [7, 11) is 0. The molecule has 1 saturated carbocycles. The maximum atomic E-state index is 11.7. The summed E-state index contributed by atoms with van der Waals surface area (Å²) >= 11 is 1.73. The van der Waals surface area contributed by atoms with Gasteiger partial charge in [-0.3, -0.25) is 4.79 Å². The van der Waals surface area contributed by atoms with Gasteiger partial charge in [0.2, 0.25) is 5.91 Å². The SMILES string of the molecule is Cc1ccsc1CCC(=O)NCC1(CN)CC1. The first kappa shape index (κ1) is 12.6. The quantitative estimate of drug-likeness (QED) is 0.811. The number of aryl methyl sites for hydroxylation is 2. The van der Waals surface area contributed by atoms with E-state index in [1.165, 1.54) is 10.4 Å². The number of carbonyl (C=O) groups excluding carboxylic acids is 1. The molecular formula is C13H20N2OS. The van der Waals surface area contributed by atoms with Crippen LogP contribution in [-0.4, -0.2) is 19.0 Å². The molecule has 2 rings (SSSR count). The molecule has 1 aliphatic rings. The molecule has 3 nitrogen and oxygen atoms in total. The van der Waals surface area contributed by atoms with Crippen molar-refractivity contribution in [3.05, 3.63) is 21.9 Å². The lowest BCUT2D eigenvalue weighted by molar-refractivity contribution is -0.121. The van der Waals surface area contributed by atoms with Crippen LogP contribution in [0.2, 0.25) is 0 Å². The van der Waals surface area contributed by atoms with Gasteiger partial charge in [0.25, 0.3) is 0 Å². The minimum atomic E-state index is 0.150. The van der Waals surface area contributed by atoms with Crippen molar-refractivity contribution in [3.8, 4) is 0 Å². The van der Waals surface area contributed by atoms with E-state index in [1.54, 1.807) is 11.3 Å². The van der Waals surface area contributed by atoms with Crippen LogP contribution in [-0.2, 0) is 11.2 Å². The molecule has 1 aromatic heterocycles. The van der Waals surface area contributed by atoms with Crippen molar-refractivity contribution in [2.45, 2.75) is 32.6 Å². The number of nitrogens with one attached hydrogen (secondary N) is 1. The van der Waals surface area contributed by atoms with Gasteiger partial charge in [0.05, 0.1) is 0 Å². The van der Waals surface area contributed by atoms with Crippen molar-refractivity contribution >= 4 is 17.2 Å². The largest absolute Gasteiger partial charge is 0.355 e. The van der Waals surface area contributed by atoms with E-state index in [1.807, 2.05) is 0 Å². The smallest absolute Gasteiger partial charge is 0.220 e. The topological polar surface area (TPSA) is 55.1 Å². The minimum absolute atomic E-state index is 0.150. The summed E-state index contributed by atoms with van der Waals surface area (Å²) in [6, 6.07) is 2.10. The summed E-state index contributed by atoms with van der Waals surface area (Å²) in [4.78, 5) is 13.0. The van der Waals surface area contributed by atoms with Gasteiger partial charge in [-0.05, 0) is 55.2 Å². The zero-order chi connectivity index (χ0) is 12.3. The number of amides is 1. The molecule has 0 atom stereocenters. The van der Waals surface area contributed by atoms with Gasteiger partial charge in [0.1, 0.15) is 0 Å². The molecule has 0 radical (unpaired) electrons. The van der Waals surface area contributed by atoms with Crippen LogP contribution < -0.4 is 11.1 Å². The molecular weight excluding hydrogens is 232 g/mol. The average molecular weight is 252 g/mol. The van der Waals surface area contributed by atoms with E-state index >= 15 is 0 Å². The molecule has 0 spiro atoms. The molecule has 1 aliphatic carbocycles. The van der Waals surface area contributed by atoms with Gasteiger partial charge in [-0.2, -0.15) is 0 Å². The Morgan fingerprint density at radius 2 is 2.35 bits per heavy atom. The number of hydrogen-bond acceptors (Lipinski definition) is 3. The highest BCUT2D eigenvalue weighted by molar-refractivity contribution is 7.10. The fourth-order valence-corrected chi connectivity index (χ4v) is 2.80. The number of thiophene rings is 1. The Hall–Kier alpha value is -0.870. The Labute approximate surface area is 106 Å². The average Bonchev–Trinajstić information content (AvgIpc) is 3.01. The maximum absolute atomic E-state index is 11.7. The molecule has 0 unspecified atom stereocenters. The number of hydrogen-bond donors (Lipinski definition) is 2. The second-order valence-corrected chi connectivity index (χ2v) is 6.01. The van der Waals surface area contributed by atoms with E-state index in [0.29, 0.717) is 13.0 Å². The monoisotopic (exact) mass is 252 g/mol. The number of nitrogens with two attached hydrogens (primary N) is 1. The normalized spacial score (nSPS) is 16.8. The van der Waals surface area contributed by atoms with Crippen molar-refractivity contribution < 1.29 is 4.79 Å². The lowest BCUT2D eigenvalue weighted by atomic mass is 10.1. The van der Waals surface area contributed by atoms with Crippen LogP contribution >= 0.6 is 11.3 Å². The van der Waals surface area contributed by atoms with Crippen LogP contribution in [0.25, 0.3) is 0 Å². The number of carbonyl (C=O) groups is 1. The third-order valence-corrected chi connectivity index (χ3v) is 4.68. The van der Waals surface area contributed by atoms with Gasteiger partial charge in [0, 0.05) is 17.8 Å². The van der Waals surface area contributed by atoms with Crippen LogP contribution in [0.4, 0.5) is 0 Å². The van der Waals surface area contributed by atoms with Gasteiger partial charge in [-0.15, -0.1) is 11.3 Å². The van der Waals surface area contributed by atoms with Crippen LogP contribution in [0.5, 0.6) is 0 Å². The molecule has 1 fully saturated rings. The predicted molar refractivity (Wildman–Crippen MR) is 71.1 cm³/mol. The van der Waals surface area contributed by atoms with Gasteiger partial charge < -0.3 is 11.1 Å². The second-order valence-electron chi connectivity index (χ2n) is 5.01. The zero-order valence-electron chi connectivity index (χ0n) is 10.3. The van der Waals surface area contributed by atoms with E-state index in [9.17, 15) is 4.79 Å². The molecule has 94 valence electrons. The molecule has 1 aromatic rings. The fraction of sp³-hybridized carbons (Fsp3) is 0.615. The second kappa shape index (κ2) is 5.19. The van der Waals surface area contributed by atoms with Crippen molar-refractivity contribution in [1.29, 1.82) is 0 Å². The maximum Gasteiger partial charge on any atom is 0.220 e. The Balaban J connectivity index is 1.69. The molecule has 0 bridgehead atoms. The van der Waals surface area contributed by atoms with Crippen LogP contribution in [0.15, 0.2) is 11.4 Å². The fourth-order valence-electron chi connectivity index (χ4n) is 1.89. The Morgan fingerprint density at radius 1 is 1.59 bits per heavy atom. The first-order valence-corrected chi connectivity index (χ1v) is 7.03. The standard InChI is InChI=1S/C13H20N2OS/c1-10-4-7-17-11(10)2-3-12(16)15-9-13(8-14)5-6-13/h4,7H,2-3,5-6,8-9,14H2,1H3,(H,15,16). The lowest BCUT2D eigenvalue weighted by Gasteiger charge is -2.13. The van der Waals surface area contributed by atoms with E-state index in [0.717, 1.165) is 25.8 Å². The van der Waals surface area contributed by atoms with E-state index in [-0.39, 0.29) is 11.3 Å². The van der Waals surface area contributed by atoms with Gasteiger partial charge in [0.15, 0.2) is 0 Å². The lowest BCUT2D eigenvalue weighted by Crippen LogP contribution is -2.33. The van der Waals surface area contributed by atoms with Crippen LogP contribution in [0.3, 0.4) is 0 Å². The molecule has 0 saturated heterocycles. The van der Waals surface area contributed by atoms with Gasteiger partial charge in [-0.25, -0.2) is 0 Å². The highest BCUT2D eigenvalue weighted by Crippen LogP contribution is 2.43. The van der Waals surface area contributed by atoms with E-state index in [2.05, 4.69) is 23.7 Å². The van der Waals surface area contributed by atoms with Crippen LogP contribution in [0.1, 0.15) is 29.7 Å². The molecule has 0 aromatic carbocycles. The predicted octanol–water partition coefficient (Wildman–Crippen LogP) is 1.84. The zero-order valence-corrected chi connectivity index (χ0v) is 11.1. The highest BCUT2D eigenvalue weighted by Gasteiger charge is 2.41. The summed E-state index contributed by atoms with van der Waals surface area (Å²) in [6.45, 7) is 3.54. The van der Waals surface area contributed by atoms with Gasteiger partial charge >= 0.3 is 0 Å². The summed E-state index contributed by atoms with van der Waals surface area (Å²) in [5.41, 5.74) is 7.20. The van der Waals surface area contributed by atoms with E-state index < -0.39 is 0 Å². The summed E-state index contributed by atoms with van der Waals surface area (Å²) in [6.07, 6.45) is 3.76. The third-order valence-electron chi connectivity index (χ3n) is 3.60. The molecule has 3 N–H and O–H groups in total. The molecule has 0 aliphatic heterocycles. The Morgan fingerprint density at radius 3 is 2.88 bits per heavy atom. The summed E-state index contributed by atoms with van der Waals surface area (Å²) < 4.78 is 0. The van der Waals surface area contributed by atoms with Crippen molar-refractivity contribution in [2.75, 3.05) is 13.1 Å². The highest BCUT2D eigenvalue weighted by atomic mass is 32.1. The number of rotatable bonds is 6.